The van der Waals surface area contributed by atoms with Gasteiger partial charge < -0.3 is 5.11 Å². The Morgan fingerprint density at radius 1 is 1.38 bits per heavy atom. The first kappa shape index (κ1) is 12.3. The smallest absolute Gasteiger partial charge is 0.341 e. The van der Waals surface area contributed by atoms with E-state index in [0.717, 1.165) is 0 Å². The number of hydrogen-bond donors (Lipinski definition) is 1. The summed E-state index contributed by atoms with van der Waals surface area (Å²) in [6.45, 7) is 2.06. The molecule has 13 heavy (non-hydrogen) atoms. The van der Waals surface area contributed by atoms with E-state index in [4.69, 9.17) is 5.11 Å². The molecule has 0 aromatic heterocycles. The average molecular weight is 198 g/mol. The maximum Gasteiger partial charge on any atom is 0.341 e. The standard InChI is InChI=1S/C8H13F3O2/c1-3-4-8(11,6(12)13)5-7(2,9)10/h3-5H2,1-2H3,(H,12,13). The SMILES string of the molecule is CCCC(F)(CC(C)(F)F)C(=O)O. The van der Waals surface area contributed by atoms with Crippen LogP contribution in [0, 0.1) is 0 Å². The predicted molar refractivity (Wildman–Crippen MR) is 41.6 cm³/mol. The molecular weight excluding hydrogens is 185 g/mol. The summed E-state index contributed by atoms with van der Waals surface area (Å²) in [6.07, 6.45) is -1.42. The van der Waals surface area contributed by atoms with Gasteiger partial charge in [-0.05, 0) is 13.3 Å². The van der Waals surface area contributed by atoms with Crippen molar-refractivity contribution < 1.29 is 23.1 Å². The first-order valence-electron chi connectivity index (χ1n) is 4.01. The average Bonchev–Trinajstić information content (AvgIpc) is 1.82. The summed E-state index contributed by atoms with van der Waals surface area (Å²) >= 11 is 0. The number of rotatable bonds is 5. The first-order chi connectivity index (χ1) is 5.71. The summed E-state index contributed by atoms with van der Waals surface area (Å²) in [7, 11) is 0. The van der Waals surface area contributed by atoms with E-state index in [9.17, 15) is 18.0 Å². The molecule has 0 spiro atoms. The molecule has 78 valence electrons. The molecule has 0 saturated carbocycles. The maximum absolute atomic E-state index is 13.3. The maximum atomic E-state index is 13.3. The van der Waals surface area contributed by atoms with E-state index in [0.29, 0.717) is 6.92 Å². The van der Waals surface area contributed by atoms with E-state index in [2.05, 4.69) is 0 Å². The van der Waals surface area contributed by atoms with Gasteiger partial charge in [0, 0.05) is 0 Å². The minimum absolute atomic E-state index is 0.221. The molecule has 0 radical (unpaired) electrons. The Morgan fingerprint density at radius 3 is 2.08 bits per heavy atom. The van der Waals surface area contributed by atoms with Crippen LogP contribution in [0.2, 0.25) is 0 Å². The number of carboxylic acid groups (broad SMARTS) is 1. The molecule has 0 amide bonds. The van der Waals surface area contributed by atoms with Crippen molar-refractivity contribution in [3.8, 4) is 0 Å². The van der Waals surface area contributed by atoms with Crippen molar-refractivity contribution in [2.45, 2.75) is 44.7 Å². The van der Waals surface area contributed by atoms with Gasteiger partial charge in [-0.1, -0.05) is 13.3 Å². The molecule has 0 aromatic rings. The summed E-state index contributed by atoms with van der Waals surface area (Å²) in [5, 5.41) is 8.42. The van der Waals surface area contributed by atoms with Gasteiger partial charge in [0.1, 0.15) is 0 Å². The lowest BCUT2D eigenvalue weighted by molar-refractivity contribution is -0.158. The number of halogens is 3. The summed E-state index contributed by atoms with van der Waals surface area (Å²) in [5.41, 5.74) is -2.80. The molecule has 0 fully saturated rings. The van der Waals surface area contributed by atoms with Crippen LogP contribution in [-0.4, -0.2) is 22.7 Å². The lowest BCUT2D eigenvalue weighted by Gasteiger charge is -2.23. The van der Waals surface area contributed by atoms with Crippen molar-refractivity contribution in [3.63, 3.8) is 0 Å². The van der Waals surface area contributed by atoms with Crippen LogP contribution in [0.25, 0.3) is 0 Å². The van der Waals surface area contributed by atoms with Crippen LogP contribution in [-0.2, 0) is 4.79 Å². The Kier molecular flexibility index (Phi) is 3.75. The highest BCUT2D eigenvalue weighted by atomic mass is 19.3. The Morgan fingerprint density at radius 2 is 1.85 bits per heavy atom. The van der Waals surface area contributed by atoms with Gasteiger partial charge in [-0.25, -0.2) is 18.0 Å². The molecule has 0 aliphatic heterocycles. The van der Waals surface area contributed by atoms with E-state index in [1.54, 1.807) is 6.92 Å². The van der Waals surface area contributed by atoms with Crippen LogP contribution in [0.5, 0.6) is 0 Å². The zero-order valence-electron chi connectivity index (χ0n) is 7.61. The van der Waals surface area contributed by atoms with Gasteiger partial charge in [0.15, 0.2) is 0 Å². The third-order valence-electron chi connectivity index (χ3n) is 1.62. The Labute approximate surface area is 74.7 Å². The minimum atomic E-state index is -3.29. The fourth-order valence-electron chi connectivity index (χ4n) is 1.16. The summed E-state index contributed by atoms with van der Waals surface area (Å²) < 4.78 is 38.1. The highest BCUT2D eigenvalue weighted by Gasteiger charge is 2.45. The highest BCUT2D eigenvalue weighted by Crippen LogP contribution is 2.32. The fraction of sp³-hybridized carbons (Fsp3) is 0.875. The second-order valence-electron chi connectivity index (χ2n) is 3.27. The lowest BCUT2D eigenvalue weighted by atomic mass is 9.93. The summed E-state index contributed by atoms with van der Waals surface area (Å²) in [5.74, 6) is -5.10. The van der Waals surface area contributed by atoms with Gasteiger partial charge in [-0.2, -0.15) is 0 Å². The quantitative estimate of drug-likeness (QED) is 0.737. The first-order valence-corrected chi connectivity index (χ1v) is 4.01. The van der Waals surface area contributed by atoms with Crippen molar-refractivity contribution in [2.24, 2.45) is 0 Å². The topological polar surface area (TPSA) is 37.3 Å². The van der Waals surface area contributed by atoms with Crippen molar-refractivity contribution in [3.05, 3.63) is 0 Å². The molecule has 1 unspecified atom stereocenters. The third kappa shape index (κ3) is 4.15. The van der Waals surface area contributed by atoms with Gasteiger partial charge in [0.05, 0.1) is 6.42 Å². The van der Waals surface area contributed by atoms with Crippen molar-refractivity contribution in [1.29, 1.82) is 0 Å². The van der Waals surface area contributed by atoms with Crippen molar-refractivity contribution in [1.82, 2.24) is 0 Å². The van der Waals surface area contributed by atoms with Gasteiger partial charge >= 0.3 is 5.97 Å². The Balaban J connectivity index is 4.51. The molecule has 2 nitrogen and oxygen atoms in total. The normalized spacial score (nSPS) is 16.7. The molecule has 0 aromatic carbocycles. The highest BCUT2D eigenvalue weighted by molar-refractivity contribution is 5.77. The van der Waals surface area contributed by atoms with Crippen LogP contribution in [0.4, 0.5) is 13.2 Å². The molecule has 0 bridgehead atoms. The van der Waals surface area contributed by atoms with Gasteiger partial charge in [-0.15, -0.1) is 0 Å². The van der Waals surface area contributed by atoms with Crippen LogP contribution in [0.15, 0.2) is 0 Å². The van der Waals surface area contributed by atoms with Crippen molar-refractivity contribution in [2.75, 3.05) is 0 Å². The van der Waals surface area contributed by atoms with Gasteiger partial charge in [-0.3, -0.25) is 0 Å². The molecule has 0 aliphatic carbocycles. The van der Waals surface area contributed by atoms with Crippen LogP contribution in [0.3, 0.4) is 0 Å². The molecule has 0 saturated heterocycles. The predicted octanol–water partition coefficient (Wildman–Crippen LogP) is 2.62. The molecule has 1 atom stereocenters. The lowest BCUT2D eigenvalue weighted by Crippen LogP contribution is -2.38. The van der Waals surface area contributed by atoms with Crippen LogP contribution >= 0.6 is 0 Å². The van der Waals surface area contributed by atoms with Crippen LogP contribution in [0.1, 0.15) is 33.1 Å². The van der Waals surface area contributed by atoms with Gasteiger partial charge in [0.25, 0.3) is 0 Å². The minimum Gasteiger partial charge on any atom is -0.479 e. The number of aliphatic carboxylic acids is 1. The molecular formula is C8H13F3O2. The number of alkyl halides is 3. The van der Waals surface area contributed by atoms with E-state index in [1.807, 2.05) is 0 Å². The molecule has 1 N–H and O–H groups in total. The van der Waals surface area contributed by atoms with E-state index < -0.39 is 24.0 Å². The molecule has 0 aliphatic rings. The van der Waals surface area contributed by atoms with Gasteiger partial charge in [0.2, 0.25) is 11.6 Å². The molecule has 0 rings (SSSR count). The van der Waals surface area contributed by atoms with E-state index in [1.165, 1.54) is 0 Å². The van der Waals surface area contributed by atoms with E-state index >= 15 is 0 Å². The number of carbonyl (C=O) groups is 1. The largest absolute Gasteiger partial charge is 0.479 e. The zero-order valence-corrected chi connectivity index (χ0v) is 7.61. The number of hydrogen-bond acceptors (Lipinski definition) is 1. The Bertz CT molecular complexity index is 188. The van der Waals surface area contributed by atoms with Crippen molar-refractivity contribution >= 4 is 5.97 Å². The summed E-state index contributed by atoms with van der Waals surface area (Å²) in [4.78, 5) is 10.4. The Hall–Kier alpha value is -0.740. The molecule has 5 heteroatoms. The monoisotopic (exact) mass is 198 g/mol. The summed E-state index contributed by atoms with van der Waals surface area (Å²) in [6, 6.07) is 0. The fourth-order valence-corrected chi connectivity index (χ4v) is 1.16. The third-order valence-corrected chi connectivity index (χ3v) is 1.62. The number of carboxylic acids is 1. The second-order valence-corrected chi connectivity index (χ2v) is 3.27. The van der Waals surface area contributed by atoms with Crippen LogP contribution < -0.4 is 0 Å². The molecule has 0 heterocycles. The van der Waals surface area contributed by atoms with E-state index in [-0.39, 0.29) is 12.8 Å². The second kappa shape index (κ2) is 3.98. The zero-order chi connectivity index (χ0) is 10.7.